The number of nitrogens with one attached hydrogen (secondary N) is 1. The predicted molar refractivity (Wildman–Crippen MR) is 69.7 cm³/mol. The Morgan fingerprint density at radius 2 is 2.11 bits per heavy atom. The summed E-state index contributed by atoms with van der Waals surface area (Å²) >= 11 is 5.73. The van der Waals surface area contributed by atoms with E-state index >= 15 is 0 Å². The van der Waals surface area contributed by atoms with Gasteiger partial charge in [0.2, 0.25) is 0 Å². The zero-order chi connectivity index (χ0) is 13.0. The summed E-state index contributed by atoms with van der Waals surface area (Å²) in [6.45, 7) is 0. The van der Waals surface area contributed by atoms with Crippen molar-refractivity contribution in [3.8, 4) is 0 Å². The monoisotopic (exact) mass is 262 g/mol. The fourth-order valence-corrected chi connectivity index (χ4v) is 1.46. The summed E-state index contributed by atoms with van der Waals surface area (Å²) in [6, 6.07) is 8.37. The van der Waals surface area contributed by atoms with E-state index in [1.54, 1.807) is 48.3 Å². The number of hydrazone groups is 1. The lowest BCUT2D eigenvalue weighted by Gasteiger charge is -1.99. The van der Waals surface area contributed by atoms with Crippen LogP contribution in [0.25, 0.3) is 0 Å². The molecule has 6 heteroatoms. The van der Waals surface area contributed by atoms with Gasteiger partial charge in [-0.25, -0.2) is 5.43 Å². The maximum Gasteiger partial charge on any atom is 0.271 e. The first-order valence-corrected chi connectivity index (χ1v) is 5.61. The Bertz CT molecular complexity index is 574. The number of aromatic nitrogens is 2. The fourth-order valence-electron chi connectivity index (χ4n) is 1.33. The Morgan fingerprint density at radius 3 is 2.72 bits per heavy atom. The van der Waals surface area contributed by atoms with Gasteiger partial charge in [-0.15, -0.1) is 0 Å². The summed E-state index contributed by atoms with van der Waals surface area (Å²) in [7, 11) is 1.79. The van der Waals surface area contributed by atoms with Gasteiger partial charge in [0.15, 0.2) is 0 Å². The van der Waals surface area contributed by atoms with E-state index < -0.39 is 0 Å². The normalized spacial score (nSPS) is 10.8. The highest BCUT2D eigenvalue weighted by atomic mass is 35.5. The van der Waals surface area contributed by atoms with E-state index in [-0.39, 0.29) is 5.91 Å². The Labute approximate surface area is 109 Å². The molecule has 0 aliphatic carbocycles. The van der Waals surface area contributed by atoms with Gasteiger partial charge < -0.3 is 0 Å². The topological polar surface area (TPSA) is 59.3 Å². The van der Waals surface area contributed by atoms with Gasteiger partial charge in [-0.05, 0) is 30.3 Å². The summed E-state index contributed by atoms with van der Waals surface area (Å²) in [5.41, 5.74) is 3.73. The molecule has 2 aromatic rings. The highest BCUT2D eigenvalue weighted by Gasteiger charge is 2.03. The van der Waals surface area contributed by atoms with Crippen molar-refractivity contribution in [2.24, 2.45) is 12.1 Å². The quantitative estimate of drug-likeness (QED) is 0.678. The molecule has 0 bridgehead atoms. The number of rotatable bonds is 3. The van der Waals surface area contributed by atoms with E-state index in [4.69, 9.17) is 11.6 Å². The third-order valence-electron chi connectivity index (χ3n) is 2.33. The molecular weight excluding hydrogens is 252 g/mol. The van der Waals surface area contributed by atoms with Crippen LogP contribution in [-0.4, -0.2) is 21.9 Å². The summed E-state index contributed by atoms with van der Waals surface area (Å²) < 4.78 is 1.65. The van der Waals surface area contributed by atoms with Gasteiger partial charge >= 0.3 is 0 Å². The molecule has 0 radical (unpaired) electrons. The van der Waals surface area contributed by atoms with Crippen LogP contribution in [0.15, 0.2) is 41.6 Å². The van der Waals surface area contributed by atoms with Crippen LogP contribution in [0.2, 0.25) is 5.02 Å². The SMILES string of the molecule is Cn1nccc1C=NNC(=O)c1ccc(Cl)cc1. The number of carbonyl (C=O) groups excluding carboxylic acids is 1. The number of amides is 1. The summed E-state index contributed by atoms with van der Waals surface area (Å²) in [4.78, 5) is 11.7. The minimum atomic E-state index is -0.287. The molecule has 0 fully saturated rings. The van der Waals surface area contributed by atoms with Crippen LogP contribution >= 0.6 is 11.6 Å². The molecule has 1 heterocycles. The number of nitrogens with zero attached hydrogens (tertiary/aromatic N) is 3. The number of halogens is 1. The van der Waals surface area contributed by atoms with Crippen molar-refractivity contribution in [2.75, 3.05) is 0 Å². The summed E-state index contributed by atoms with van der Waals surface area (Å²) in [5, 5.41) is 8.42. The zero-order valence-electron chi connectivity index (χ0n) is 9.67. The van der Waals surface area contributed by atoms with Crippen LogP contribution in [-0.2, 0) is 7.05 Å². The number of hydrogen-bond donors (Lipinski definition) is 1. The van der Waals surface area contributed by atoms with Crippen molar-refractivity contribution >= 4 is 23.7 Å². The third kappa shape index (κ3) is 2.95. The number of aryl methyl sites for hydroxylation is 1. The van der Waals surface area contributed by atoms with Gasteiger partial charge in [-0.1, -0.05) is 11.6 Å². The first kappa shape index (κ1) is 12.3. The fraction of sp³-hybridized carbons (Fsp3) is 0.0833. The number of benzene rings is 1. The van der Waals surface area contributed by atoms with Gasteiger partial charge in [0.1, 0.15) is 0 Å². The molecule has 0 saturated heterocycles. The van der Waals surface area contributed by atoms with E-state index in [1.807, 2.05) is 0 Å². The molecule has 18 heavy (non-hydrogen) atoms. The van der Waals surface area contributed by atoms with Crippen molar-refractivity contribution in [1.29, 1.82) is 0 Å². The maximum atomic E-state index is 11.7. The van der Waals surface area contributed by atoms with E-state index in [9.17, 15) is 4.79 Å². The molecule has 0 spiro atoms. The maximum absolute atomic E-state index is 11.7. The van der Waals surface area contributed by atoms with Gasteiger partial charge in [0, 0.05) is 23.8 Å². The molecule has 2 rings (SSSR count). The number of carbonyl (C=O) groups is 1. The molecule has 1 N–H and O–H groups in total. The van der Waals surface area contributed by atoms with Crippen LogP contribution in [0.4, 0.5) is 0 Å². The van der Waals surface area contributed by atoms with Gasteiger partial charge in [-0.3, -0.25) is 9.48 Å². The first-order chi connectivity index (χ1) is 8.66. The van der Waals surface area contributed by atoms with Crippen LogP contribution in [0.5, 0.6) is 0 Å². The second kappa shape index (κ2) is 5.46. The van der Waals surface area contributed by atoms with Crippen molar-refractivity contribution in [3.63, 3.8) is 0 Å². The lowest BCUT2D eigenvalue weighted by Crippen LogP contribution is -2.17. The van der Waals surface area contributed by atoms with Gasteiger partial charge in [-0.2, -0.15) is 10.2 Å². The van der Waals surface area contributed by atoms with Crippen LogP contribution in [0.1, 0.15) is 16.1 Å². The van der Waals surface area contributed by atoms with Crippen molar-refractivity contribution in [2.45, 2.75) is 0 Å². The molecule has 0 aliphatic rings. The standard InChI is InChI=1S/C12H11ClN4O/c1-17-11(6-7-15-17)8-14-16-12(18)9-2-4-10(13)5-3-9/h2-8H,1H3,(H,16,18). The Balaban J connectivity index is 1.98. The minimum absolute atomic E-state index is 0.287. The highest BCUT2D eigenvalue weighted by molar-refractivity contribution is 6.30. The first-order valence-electron chi connectivity index (χ1n) is 5.24. The molecule has 5 nitrogen and oxygen atoms in total. The van der Waals surface area contributed by atoms with Gasteiger partial charge in [0.25, 0.3) is 5.91 Å². The van der Waals surface area contributed by atoms with E-state index in [0.29, 0.717) is 10.6 Å². The largest absolute Gasteiger partial charge is 0.271 e. The highest BCUT2D eigenvalue weighted by Crippen LogP contribution is 2.09. The van der Waals surface area contributed by atoms with Gasteiger partial charge in [0.05, 0.1) is 11.9 Å². The molecule has 1 aromatic heterocycles. The van der Waals surface area contributed by atoms with Crippen molar-refractivity contribution < 1.29 is 4.79 Å². The second-order valence-corrected chi connectivity index (χ2v) is 4.02. The average molecular weight is 263 g/mol. The van der Waals surface area contributed by atoms with Crippen LogP contribution in [0.3, 0.4) is 0 Å². The molecule has 1 aromatic carbocycles. The third-order valence-corrected chi connectivity index (χ3v) is 2.58. The molecular formula is C12H11ClN4O. The number of hydrogen-bond acceptors (Lipinski definition) is 3. The second-order valence-electron chi connectivity index (χ2n) is 3.59. The molecule has 0 saturated carbocycles. The van der Waals surface area contributed by atoms with E-state index in [2.05, 4.69) is 15.6 Å². The molecule has 0 unspecified atom stereocenters. The average Bonchev–Trinajstić information content (AvgIpc) is 2.76. The summed E-state index contributed by atoms with van der Waals surface area (Å²) in [6.07, 6.45) is 3.18. The molecule has 0 aliphatic heterocycles. The lowest BCUT2D eigenvalue weighted by molar-refractivity contribution is 0.0955. The zero-order valence-corrected chi connectivity index (χ0v) is 10.4. The minimum Gasteiger partial charge on any atom is -0.267 e. The predicted octanol–water partition coefficient (Wildman–Crippen LogP) is 1.84. The smallest absolute Gasteiger partial charge is 0.267 e. The van der Waals surface area contributed by atoms with E-state index in [1.165, 1.54) is 6.21 Å². The Kier molecular flexibility index (Phi) is 3.74. The molecule has 1 amide bonds. The van der Waals surface area contributed by atoms with Crippen LogP contribution in [0, 0.1) is 0 Å². The lowest BCUT2D eigenvalue weighted by atomic mass is 10.2. The van der Waals surface area contributed by atoms with E-state index in [0.717, 1.165) is 5.69 Å². The van der Waals surface area contributed by atoms with Crippen LogP contribution < -0.4 is 5.43 Å². The summed E-state index contributed by atoms with van der Waals surface area (Å²) in [5.74, 6) is -0.287. The molecule has 92 valence electrons. The Hall–Kier alpha value is -2.14. The van der Waals surface area contributed by atoms with Crippen molar-refractivity contribution in [3.05, 3.63) is 52.8 Å². The Morgan fingerprint density at radius 1 is 1.39 bits per heavy atom. The van der Waals surface area contributed by atoms with Crippen molar-refractivity contribution in [1.82, 2.24) is 15.2 Å². The molecule has 0 atom stereocenters.